The van der Waals surface area contributed by atoms with Crippen LogP contribution in [0.2, 0.25) is 0 Å². The van der Waals surface area contributed by atoms with Crippen LogP contribution in [0.15, 0.2) is 30.3 Å². The van der Waals surface area contributed by atoms with Gasteiger partial charge in [-0.2, -0.15) is 0 Å². The van der Waals surface area contributed by atoms with E-state index >= 15 is 0 Å². The van der Waals surface area contributed by atoms with Gasteiger partial charge in [0, 0.05) is 12.2 Å². The fourth-order valence-electron chi connectivity index (χ4n) is 2.48. The van der Waals surface area contributed by atoms with Crippen LogP contribution in [0.5, 0.6) is 0 Å². The van der Waals surface area contributed by atoms with Crippen molar-refractivity contribution < 1.29 is 14.2 Å². The van der Waals surface area contributed by atoms with E-state index in [-0.39, 0.29) is 18.5 Å². The van der Waals surface area contributed by atoms with Crippen molar-refractivity contribution in [2.24, 2.45) is 5.92 Å². The topological polar surface area (TPSA) is 27.7 Å². The second-order valence-electron chi connectivity index (χ2n) is 4.96. The lowest BCUT2D eigenvalue weighted by Gasteiger charge is -2.41. The van der Waals surface area contributed by atoms with Gasteiger partial charge in [0.15, 0.2) is 6.29 Å². The number of rotatable bonds is 1. The monoisotopic (exact) mass is 234 g/mol. The number of fused-ring (bicyclic) bond motifs is 1. The number of benzene rings is 1. The molecule has 0 aromatic heterocycles. The molecule has 1 aromatic rings. The third-order valence-electron chi connectivity index (χ3n) is 3.43. The van der Waals surface area contributed by atoms with Gasteiger partial charge >= 0.3 is 0 Å². The predicted molar refractivity (Wildman–Crippen MR) is 63.5 cm³/mol. The van der Waals surface area contributed by atoms with Crippen molar-refractivity contribution in [2.75, 3.05) is 13.2 Å². The van der Waals surface area contributed by atoms with Gasteiger partial charge in [0.2, 0.25) is 0 Å². The summed E-state index contributed by atoms with van der Waals surface area (Å²) in [5.41, 5.74) is 1.09. The quantitative estimate of drug-likeness (QED) is 0.747. The molecule has 0 radical (unpaired) electrons. The van der Waals surface area contributed by atoms with E-state index in [0.717, 1.165) is 18.6 Å². The Morgan fingerprint density at radius 2 is 1.82 bits per heavy atom. The van der Waals surface area contributed by atoms with Gasteiger partial charge in [-0.05, 0) is 12.3 Å². The van der Waals surface area contributed by atoms with Gasteiger partial charge in [0.25, 0.3) is 0 Å². The predicted octanol–water partition coefficient (Wildman–Crippen LogP) is 2.53. The summed E-state index contributed by atoms with van der Waals surface area (Å²) in [6.45, 7) is 3.66. The molecule has 2 heterocycles. The molecule has 3 rings (SSSR count). The van der Waals surface area contributed by atoms with E-state index in [1.807, 2.05) is 30.3 Å². The molecule has 1 aromatic carbocycles. The molecular formula is C14H18O3. The molecule has 1 unspecified atom stereocenters. The van der Waals surface area contributed by atoms with Gasteiger partial charge in [0.1, 0.15) is 6.10 Å². The molecule has 4 atom stereocenters. The van der Waals surface area contributed by atoms with E-state index in [1.54, 1.807) is 0 Å². The molecule has 2 saturated heterocycles. The van der Waals surface area contributed by atoms with Crippen LogP contribution in [-0.4, -0.2) is 25.4 Å². The lowest BCUT2D eigenvalue weighted by molar-refractivity contribution is -0.283. The van der Waals surface area contributed by atoms with Crippen molar-refractivity contribution in [3.8, 4) is 0 Å². The molecule has 0 spiro atoms. The molecule has 3 heteroatoms. The standard InChI is InChI=1S/C14H18O3/c1-10-7-12-13(15-8-10)9-16-14(17-12)11-5-3-2-4-6-11/h2-6,10,12-14H,7-9H2,1H3/t10-,12+,13-,14?/m1/s1. The van der Waals surface area contributed by atoms with Crippen molar-refractivity contribution in [3.63, 3.8) is 0 Å². The van der Waals surface area contributed by atoms with Crippen LogP contribution >= 0.6 is 0 Å². The maximum absolute atomic E-state index is 6.00. The number of ether oxygens (including phenoxy) is 3. The third-order valence-corrected chi connectivity index (χ3v) is 3.43. The van der Waals surface area contributed by atoms with Crippen LogP contribution in [0.3, 0.4) is 0 Å². The van der Waals surface area contributed by atoms with Crippen molar-refractivity contribution in [1.29, 1.82) is 0 Å². The normalized spacial score (nSPS) is 37.5. The van der Waals surface area contributed by atoms with E-state index in [1.165, 1.54) is 0 Å². The smallest absolute Gasteiger partial charge is 0.184 e. The molecule has 2 aliphatic rings. The second-order valence-corrected chi connectivity index (χ2v) is 4.96. The van der Waals surface area contributed by atoms with E-state index in [0.29, 0.717) is 12.5 Å². The summed E-state index contributed by atoms with van der Waals surface area (Å²) in [6.07, 6.45) is 1.13. The highest BCUT2D eigenvalue weighted by atomic mass is 16.7. The zero-order valence-electron chi connectivity index (χ0n) is 10.0. The fourth-order valence-corrected chi connectivity index (χ4v) is 2.48. The summed E-state index contributed by atoms with van der Waals surface area (Å²) in [6, 6.07) is 10.1. The maximum atomic E-state index is 6.00. The Kier molecular flexibility index (Phi) is 3.14. The third kappa shape index (κ3) is 2.37. The highest BCUT2D eigenvalue weighted by molar-refractivity contribution is 5.16. The maximum Gasteiger partial charge on any atom is 0.184 e. The first kappa shape index (κ1) is 11.2. The first-order valence-corrected chi connectivity index (χ1v) is 6.26. The highest BCUT2D eigenvalue weighted by Gasteiger charge is 2.37. The van der Waals surface area contributed by atoms with Crippen LogP contribution in [0.4, 0.5) is 0 Å². The first-order chi connectivity index (χ1) is 8.33. The summed E-state index contributed by atoms with van der Waals surface area (Å²) in [4.78, 5) is 0. The van der Waals surface area contributed by atoms with Crippen molar-refractivity contribution in [3.05, 3.63) is 35.9 Å². The van der Waals surface area contributed by atoms with Gasteiger partial charge in [0.05, 0.1) is 12.7 Å². The van der Waals surface area contributed by atoms with Crippen LogP contribution < -0.4 is 0 Å². The molecule has 2 aliphatic heterocycles. The van der Waals surface area contributed by atoms with Crippen molar-refractivity contribution in [2.45, 2.75) is 31.8 Å². The highest BCUT2D eigenvalue weighted by Crippen LogP contribution is 2.33. The molecule has 0 amide bonds. The number of hydrogen-bond acceptors (Lipinski definition) is 3. The molecule has 2 fully saturated rings. The lowest BCUT2D eigenvalue weighted by atomic mass is 9.97. The van der Waals surface area contributed by atoms with Gasteiger partial charge < -0.3 is 14.2 Å². The minimum absolute atomic E-state index is 0.117. The molecule has 0 aliphatic carbocycles. The summed E-state index contributed by atoms with van der Waals surface area (Å²) >= 11 is 0. The molecule has 0 bridgehead atoms. The molecule has 3 nitrogen and oxygen atoms in total. The zero-order chi connectivity index (χ0) is 11.7. The molecule has 17 heavy (non-hydrogen) atoms. The van der Waals surface area contributed by atoms with E-state index in [9.17, 15) is 0 Å². The summed E-state index contributed by atoms with van der Waals surface area (Å²) in [5.74, 6) is 0.575. The Morgan fingerprint density at radius 3 is 2.65 bits per heavy atom. The van der Waals surface area contributed by atoms with E-state index in [2.05, 4.69) is 6.92 Å². The largest absolute Gasteiger partial charge is 0.373 e. The van der Waals surface area contributed by atoms with Crippen LogP contribution in [0, 0.1) is 5.92 Å². The Labute approximate surface area is 102 Å². The van der Waals surface area contributed by atoms with Gasteiger partial charge in [-0.25, -0.2) is 0 Å². The van der Waals surface area contributed by atoms with Crippen molar-refractivity contribution in [1.82, 2.24) is 0 Å². The average molecular weight is 234 g/mol. The molecular weight excluding hydrogens is 216 g/mol. The Bertz CT molecular complexity index is 365. The van der Waals surface area contributed by atoms with Gasteiger partial charge in [-0.3, -0.25) is 0 Å². The molecule has 0 N–H and O–H groups in total. The summed E-state index contributed by atoms with van der Waals surface area (Å²) < 4.78 is 17.4. The van der Waals surface area contributed by atoms with Crippen molar-refractivity contribution >= 4 is 0 Å². The lowest BCUT2D eigenvalue weighted by Crippen LogP contribution is -2.47. The summed E-state index contributed by atoms with van der Waals surface area (Å²) in [7, 11) is 0. The Hall–Kier alpha value is -0.900. The van der Waals surface area contributed by atoms with E-state index < -0.39 is 0 Å². The van der Waals surface area contributed by atoms with E-state index in [4.69, 9.17) is 14.2 Å². The van der Waals surface area contributed by atoms with Crippen LogP contribution in [0.25, 0.3) is 0 Å². The van der Waals surface area contributed by atoms with Gasteiger partial charge in [-0.1, -0.05) is 37.3 Å². The number of hydrogen-bond donors (Lipinski definition) is 0. The average Bonchev–Trinajstić information content (AvgIpc) is 2.39. The second kappa shape index (κ2) is 4.77. The Morgan fingerprint density at radius 1 is 1.00 bits per heavy atom. The zero-order valence-corrected chi connectivity index (χ0v) is 10.0. The minimum atomic E-state index is -0.230. The first-order valence-electron chi connectivity index (χ1n) is 6.26. The summed E-state index contributed by atoms with van der Waals surface area (Å²) in [5, 5.41) is 0. The minimum Gasteiger partial charge on any atom is -0.373 e. The molecule has 0 saturated carbocycles. The SMILES string of the molecule is C[C@H]1CO[C@@H]2COC(c3ccccc3)O[C@H]2C1. The van der Waals surface area contributed by atoms with Gasteiger partial charge in [-0.15, -0.1) is 0 Å². The fraction of sp³-hybridized carbons (Fsp3) is 0.571. The van der Waals surface area contributed by atoms with Crippen LogP contribution in [0.1, 0.15) is 25.2 Å². The van der Waals surface area contributed by atoms with Crippen LogP contribution in [-0.2, 0) is 14.2 Å². The Balaban J connectivity index is 1.70. The molecule has 92 valence electrons.